The highest BCUT2D eigenvalue weighted by Crippen LogP contribution is 2.38. The van der Waals surface area contributed by atoms with Crippen LogP contribution < -0.4 is 5.32 Å². The molecule has 1 heterocycles. The highest BCUT2D eigenvalue weighted by molar-refractivity contribution is 4.89. The van der Waals surface area contributed by atoms with Gasteiger partial charge in [-0.2, -0.15) is 0 Å². The molecule has 0 radical (unpaired) electrons. The summed E-state index contributed by atoms with van der Waals surface area (Å²) in [7, 11) is 0. The molecule has 0 aromatic rings. The molecule has 0 atom stereocenters. The van der Waals surface area contributed by atoms with Crippen molar-refractivity contribution in [3.63, 3.8) is 0 Å². The Morgan fingerprint density at radius 2 is 1.75 bits per heavy atom. The predicted octanol–water partition coefficient (Wildman–Crippen LogP) is 2.28. The van der Waals surface area contributed by atoms with Crippen molar-refractivity contribution in [2.75, 3.05) is 13.1 Å². The molecule has 3 heteroatoms. The molecule has 0 spiro atoms. The van der Waals surface area contributed by atoms with Gasteiger partial charge >= 0.3 is 0 Å². The summed E-state index contributed by atoms with van der Waals surface area (Å²) in [5, 5.41) is 2.87. The Kier molecular flexibility index (Phi) is 2.43. The van der Waals surface area contributed by atoms with Crippen molar-refractivity contribution in [3.8, 4) is 0 Å². The number of hydrogen-bond donors (Lipinski definition) is 1. The third-order valence-electron chi connectivity index (χ3n) is 2.14. The summed E-state index contributed by atoms with van der Waals surface area (Å²) in [6, 6.07) is 0. The van der Waals surface area contributed by atoms with E-state index in [-0.39, 0.29) is 11.8 Å². The van der Waals surface area contributed by atoms with Crippen molar-refractivity contribution in [1.29, 1.82) is 0 Å². The number of halogens is 2. The van der Waals surface area contributed by atoms with E-state index in [0.29, 0.717) is 13.1 Å². The van der Waals surface area contributed by atoms with Gasteiger partial charge in [-0.1, -0.05) is 20.8 Å². The third kappa shape index (κ3) is 2.41. The fourth-order valence-corrected chi connectivity index (χ4v) is 1.44. The van der Waals surface area contributed by atoms with Gasteiger partial charge in [0, 0.05) is 25.4 Å². The van der Waals surface area contributed by atoms with E-state index in [4.69, 9.17) is 0 Å². The van der Waals surface area contributed by atoms with Gasteiger partial charge in [0.05, 0.1) is 0 Å². The summed E-state index contributed by atoms with van der Waals surface area (Å²) in [5.41, 5.74) is -0.279. The fraction of sp³-hybridized carbons (Fsp3) is 1.00. The van der Waals surface area contributed by atoms with E-state index >= 15 is 0 Å². The molecule has 1 rings (SSSR count). The molecule has 72 valence electrons. The van der Waals surface area contributed by atoms with Crippen LogP contribution in [0.5, 0.6) is 0 Å². The molecule has 0 amide bonds. The van der Waals surface area contributed by atoms with Crippen molar-refractivity contribution >= 4 is 0 Å². The minimum Gasteiger partial charge on any atom is -0.316 e. The minimum absolute atomic E-state index is 0.00759. The first-order valence-electron chi connectivity index (χ1n) is 4.40. The SMILES string of the molecule is CC(C)(C)CC(F)(F)C1CNC1. The number of nitrogens with one attached hydrogen (secondary N) is 1. The molecule has 0 aromatic heterocycles. The zero-order valence-corrected chi connectivity index (χ0v) is 7.95. The van der Waals surface area contributed by atoms with Gasteiger partial charge in [0.1, 0.15) is 0 Å². The van der Waals surface area contributed by atoms with Gasteiger partial charge in [0.25, 0.3) is 5.92 Å². The van der Waals surface area contributed by atoms with Crippen molar-refractivity contribution in [1.82, 2.24) is 5.32 Å². The van der Waals surface area contributed by atoms with Gasteiger partial charge in [-0.15, -0.1) is 0 Å². The van der Waals surface area contributed by atoms with Crippen LogP contribution >= 0.6 is 0 Å². The van der Waals surface area contributed by atoms with Crippen LogP contribution in [0.4, 0.5) is 8.78 Å². The molecule has 1 fully saturated rings. The van der Waals surface area contributed by atoms with Crippen molar-refractivity contribution in [2.24, 2.45) is 11.3 Å². The molecule has 1 saturated heterocycles. The lowest BCUT2D eigenvalue weighted by Crippen LogP contribution is -2.52. The summed E-state index contributed by atoms with van der Waals surface area (Å²) >= 11 is 0. The topological polar surface area (TPSA) is 12.0 Å². The zero-order valence-electron chi connectivity index (χ0n) is 7.95. The van der Waals surface area contributed by atoms with E-state index in [1.54, 1.807) is 0 Å². The largest absolute Gasteiger partial charge is 0.316 e. The van der Waals surface area contributed by atoms with E-state index in [1.165, 1.54) is 0 Å². The number of hydrogen-bond acceptors (Lipinski definition) is 1. The van der Waals surface area contributed by atoms with Gasteiger partial charge in [-0.3, -0.25) is 0 Å². The lowest BCUT2D eigenvalue weighted by molar-refractivity contribution is -0.102. The predicted molar refractivity (Wildman–Crippen MR) is 45.4 cm³/mol. The normalized spacial score (nSPS) is 20.8. The molecule has 0 aliphatic carbocycles. The van der Waals surface area contributed by atoms with Crippen molar-refractivity contribution in [2.45, 2.75) is 33.1 Å². The maximum absolute atomic E-state index is 13.3. The van der Waals surface area contributed by atoms with Crippen molar-refractivity contribution < 1.29 is 8.78 Å². The van der Waals surface area contributed by atoms with Gasteiger partial charge in [-0.25, -0.2) is 8.78 Å². The summed E-state index contributed by atoms with van der Waals surface area (Å²) < 4.78 is 26.6. The Bertz CT molecular complexity index is 156. The second-order valence-corrected chi connectivity index (χ2v) is 4.85. The third-order valence-corrected chi connectivity index (χ3v) is 2.14. The standard InChI is InChI=1S/C9H17F2N/c1-8(2,3)6-9(10,11)7-4-12-5-7/h7,12H,4-6H2,1-3H3. The van der Waals surface area contributed by atoms with Crippen LogP contribution in [-0.2, 0) is 0 Å². The summed E-state index contributed by atoms with van der Waals surface area (Å²) in [6.45, 7) is 6.51. The molecule has 12 heavy (non-hydrogen) atoms. The minimum atomic E-state index is -2.48. The van der Waals surface area contributed by atoms with E-state index < -0.39 is 11.8 Å². The van der Waals surface area contributed by atoms with Crippen LogP contribution in [0.1, 0.15) is 27.2 Å². The van der Waals surface area contributed by atoms with Crippen LogP contribution in [0.25, 0.3) is 0 Å². The molecule has 1 N–H and O–H groups in total. The average molecular weight is 177 g/mol. The van der Waals surface area contributed by atoms with Gasteiger partial charge < -0.3 is 5.32 Å². The van der Waals surface area contributed by atoms with Crippen LogP contribution in [0.15, 0.2) is 0 Å². The fourth-order valence-electron chi connectivity index (χ4n) is 1.44. The van der Waals surface area contributed by atoms with Crippen LogP contribution in [0, 0.1) is 11.3 Å². The lowest BCUT2D eigenvalue weighted by Gasteiger charge is -2.37. The zero-order chi connectivity index (χ0) is 9.41. The first-order valence-corrected chi connectivity index (χ1v) is 4.40. The number of alkyl halides is 2. The summed E-state index contributed by atoms with van der Waals surface area (Å²) in [4.78, 5) is 0. The van der Waals surface area contributed by atoms with Crippen LogP contribution in [-0.4, -0.2) is 19.0 Å². The van der Waals surface area contributed by atoms with Gasteiger partial charge in [0.15, 0.2) is 0 Å². The lowest BCUT2D eigenvalue weighted by atomic mass is 9.82. The van der Waals surface area contributed by atoms with Crippen molar-refractivity contribution in [3.05, 3.63) is 0 Å². The van der Waals surface area contributed by atoms with Gasteiger partial charge in [-0.05, 0) is 5.41 Å². The molecule has 0 bridgehead atoms. The Morgan fingerprint density at radius 1 is 1.25 bits per heavy atom. The van der Waals surface area contributed by atoms with E-state index in [2.05, 4.69) is 5.32 Å². The highest BCUT2D eigenvalue weighted by atomic mass is 19.3. The van der Waals surface area contributed by atoms with E-state index in [0.717, 1.165) is 0 Å². The van der Waals surface area contributed by atoms with E-state index in [9.17, 15) is 8.78 Å². The van der Waals surface area contributed by atoms with Crippen LogP contribution in [0.2, 0.25) is 0 Å². The first-order chi connectivity index (χ1) is 5.31. The Morgan fingerprint density at radius 3 is 2.00 bits per heavy atom. The maximum atomic E-state index is 13.3. The quantitative estimate of drug-likeness (QED) is 0.682. The molecule has 1 nitrogen and oxygen atoms in total. The van der Waals surface area contributed by atoms with Gasteiger partial charge in [0.2, 0.25) is 0 Å². The summed E-state index contributed by atoms with van der Waals surface area (Å²) in [6.07, 6.45) is -0.00759. The molecule has 0 unspecified atom stereocenters. The second-order valence-electron chi connectivity index (χ2n) is 4.85. The molecular formula is C9H17F2N. The molecule has 0 saturated carbocycles. The Labute approximate surface area is 72.5 Å². The Hall–Kier alpha value is -0.180. The first kappa shape index (κ1) is 9.90. The molecule has 0 aromatic carbocycles. The summed E-state index contributed by atoms with van der Waals surface area (Å²) in [5.74, 6) is -2.92. The highest BCUT2D eigenvalue weighted by Gasteiger charge is 2.45. The van der Waals surface area contributed by atoms with E-state index in [1.807, 2.05) is 20.8 Å². The second kappa shape index (κ2) is 2.95. The molecular weight excluding hydrogens is 160 g/mol. The smallest absolute Gasteiger partial charge is 0.253 e. The maximum Gasteiger partial charge on any atom is 0.253 e. The molecule has 1 aliphatic heterocycles. The Balaban J connectivity index is 2.47. The molecule has 1 aliphatic rings. The monoisotopic (exact) mass is 177 g/mol. The number of rotatable bonds is 2. The average Bonchev–Trinajstić information content (AvgIpc) is 1.45. The van der Waals surface area contributed by atoms with Crippen LogP contribution in [0.3, 0.4) is 0 Å².